The van der Waals surface area contributed by atoms with Gasteiger partial charge in [-0.2, -0.15) is 0 Å². The van der Waals surface area contributed by atoms with E-state index in [1.807, 2.05) is 37.3 Å². The highest BCUT2D eigenvalue weighted by Gasteiger charge is 2.15. The fraction of sp³-hybridized carbons (Fsp3) is 0.278. The number of carbonyl (C=O) groups excluding carboxylic acids is 1. The Kier molecular flexibility index (Phi) is 7.24. The van der Waals surface area contributed by atoms with Crippen molar-refractivity contribution in [1.29, 1.82) is 0 Å². The summed E-state index contributed by atoms with van der Waals surface area (Å²) in [5.41, 5.74) is 1.76. The van der Waals surface area contributed by atoms with Crippen LogP contribution in [0.2, 0.25) is 0 Å². The molecule has 2 N–H and O–H groups in total. The monoisotopic (exact) mass is 433 g/mol. The van der Waals surface area contributed by atoms with Gasteiger partial charge in [-0.15, -0.1) is 10.2 Å². The van der Waals surface area contributed by atoms with Crippen molar-refractivity contribution in [3.05, 3.63) is 57.5 Å². The Morgan fingerprint density at radius 1 is 1.21 bits per heavy atom. The topological polar surface area (TPSA) is 101 Å². The molecule has 2 heterocycles. The minimum absolute atomic E-state index is 0.0619. The molecule has 0 radical (unpaired) electrons. The highest BCUT2D eigenvalue weighted by atomic mass is 32.2. The summed E-state index contributed by atoms with van der Waals surface area (Å²) in [6, 6.07) is 9.95. The number of nitrogens with one attached hydrogen (secondary N) is 2. The van der Waals surface area contributed by atoms with Crippen LogP contribution in [-0.2, 0) is 17.0 Å². The third kappa shape index (κ3) is 5.66. The molecule has 0 bridgehead atoms. The first-order valence-electron chi connectivity index (χ1n) is 8.57. The molecule has 1 amide bonds. The summed E-state index contributed by atoms with van der Waals surface area (Å²) in [6.45, 7) is 3.76. The van der Waals surface area contributed by atoms with Crippen molar-refractivity contribution >= 4 is 45.9 Å². The molecule has 0 aliphatic rings. The van der Waals surface area contributed by atoms with Crippen LogP contribution in [0.3, 0.4) is 0 Å². The molecule has 0 spiro atoms. The molecule has 10 heteroatoms. The van der Waals surface area contributed by atoms with E-state index in [2.05, 4.69) is 25.5 Å². The van der Waals surface area contributed by atoms with Crippen molar-refractivity contribution in [3.63, 3.8) is 0 Å². The molecule has 146 valence electrons. The molecule has 28 heavy (non-hydrogen) atoms. The number of aromatic amines is 1. The van der Waals surface area contributed by atoms with Crippen LogP contribution >= 0.6 is 34.9 Å². The largest absolute Gasteiger partial charge is 0.301 e. The van der Waals surface area contributed by atoms with Gasteiger partial charge in [0.15, 0.2) is 9.50 Å². The molecule has 1 aromatic carbocycles. The molecule has 0 aliphatic heterocycles. The number of rotatable bonds is 8. The molecule has 0 aliphatic carbocycles. The molecular weight excluding hydrogens is 414 g/mol. The van der Waals surface area contributed by atoms with Gasteiger partial charge in [-0.05, 0) is 18.2 Å². The predicted octanol–water partition coefficient (Wildman–Crippen LogP) is 3.52. The van der Waals surface area contributed by atoms with Gasteiger partial charge in [0, 0.05) is 17.0 Å². The van der Waals surface area contributed by atoms with E-state index in [9.17, 15) is 9.59 Å². The Morgan fingerprint density at radius 3 is 2.71 bits per heavy atom. The number of hydrogen-bond donors (Lipinski definition) is 2. The number of anilines is 1. The number of aromatic nitrogens is 4. The minimum atomic E-state index is -0.315. The lowest BCUT2D eigenvalue weighted by atomic mass is 10.1. The van der Waals surface area contributed by atoms with Crippen LogP contribution in [0.1, 0.15) is 23.7 Å². The Hall–Kier alpha value is -2.17. The smallest absolute Gasteiger partial charge is 0.255 e. The van der Waals surface area contributed by atoms with E-state index in [1.165, 1.54) is 23.1 Å². The van der Waals surface area contributed by atoms with Gasteiger partial charge in [0.05, 0.1) is 6.42 Å². The third-order valence-corrected chi connectivity index (χ3v) is 6.48. The van der Waals surface area contributed by atoms with Crippen LogP contribution in [0.25, 0.3) is 0 Å². The van der Waals surface area contributed by atoms with Gasteiger partial charge in [-0.25, -0.2) is 4.98 Å². The fourth-order valence-corrected chi connectivity index (χ4v) is 4.88. The zero-order valence-corrected chi connectivity index (χ0v) is 17.8. The van der Waals surface area contributed by atoms with Crippen molar-refractivity contribution in [1.82, 2.24) is 20.2 Å². The van der Waals surface area contributed by atoms with Gasteiger partial charge in [-0.1, -0.05) is 72.1 Å². The number of nitrogens with zero attached hydrogens (tertiary/aromatic N) is 3. The van der Waals surface area contributed by atoms with Crippen LogP contribution in [0, 0.1) is 6.92 Å². The molecule has 0 atom stereocenters. The van der Waals surface area contributed by atoms with E-state index in [0.29, 0.717) is 27.3 Å². The zero-order chi connectivity index (χ0) is 19.9. The van der Waals surface area contributed by atoms with Crippen LogP contribution in [-0.4, -0.2) is 31.8 Å². The lowest BCUT2D eigenvalue weighted by Gasteiger charge is -2.07. The normalized spacial score (nSPS) is 10.8. The minimum Gasteiger partial charge on any atom is -0.301 e. The Labute approximate surface area is 174 Å². The lowest BCUT2D eigenvalue weighted by molar-refractivity contribution is -0.115. The van der Waals surface area contributed by atoms with Gasteiger partial charge >= 0.3 is 0 Å². The second kappa shape index (κ2) is 9.85. The standard InChI is InChI=1S/C18H19N5O2S3/c1-3-26-18-23-22-17(28-18)20-14(24)9-13-11(2)19-16(21-15(13)25)27-10-12-7-5-4-6-8-12/h4-8H,3,9-10H2,1-2H3,(H,19,21,25)(H,20,22,24). The van der Waals surface area contributed by atoms with Crippen molar-refractivity contribution in [2.75, 3.05) is 11.1 Å². The third-order valence-electron chi connectivity index (χ3n) is 3.68. The predicted molar refractivity (Wildman–Crippen MR) is 114 cm³/mol. The number of hydrogen-bond acceptors (Lipinski definition) is 8. The van der Waals surface area contributed by atoms with Gasteiger partial charge < -0.3 is 10.3 Å². The maximum Gasteiger partial charge on any atom is 0.255 e. The average molecular weight is 434 g/mol. The zero-order valence-electron chi connectivity index (χ0n) is 15.4. The lowest BCUT2D eigenvalue weighted by Crippen LogP contribution is -2.23. The van der Waals surface area contributed by atoms with Crippen LogP contribution < -0.4 is 10.9 Å². The SMILES string of the molecule is CCSc1nnc(NC(=O)Cc2c(C)nc(SCc3ccccc3)[nH]c2=O)s1. The summed E-state index contributed by atoms with van der Waals surface area (Å²) in [6.07, 6.45) is -0.0619. The van der Waals surface area contributed by atoms with E-state index in [1.54, 1.807) is 18.7 Å². The van der Waals surface area contributed by atoms with Gasteiger partial charge in [-0.3, -0.25) is 9.59 Å². The molecule has 0 fully saturated rings. The molecule has 2 aromatic heterocycles. The highest BCUT2D eigenvalue weighted by molar-refractivity contribution is 8.01. The van der Waals surface area contributed by atoms with E-state index < -0.39 is 0 Å². The average Bonchev–Trinajstić information content (AvgIpc) is 3.11. The number of H-pyrrole nitrogens is 1. The Morgan fingerprint density at radius 2 is 2.00 bits per heavy atom. The molecule has 0 saturated heterocycles. The Bertz CT molecular complexity index is 1000. The summed E-state index contributed by atoms with van der Waals surface area (Å²) in [7, 11) is 0. The summed E-state index contributed by atoms with van der Waals surface area (Å²) in [4.78, 5) is 31.9. The summed E-state index contributed by atoms with van der Waals surface area (Å²) < 4.78 is 0.799. The quantitative estimate of drug-likeness (QED) is 0.318. The maximum absolute atomic E-state index is 12.4. The van der Waals surface area contributed by atoms with Crippen molar-refractivity contribution in [2.45, 2.75) is 35.5 Å². The summed E-state index contributed by atoms with van der Waals surface area (Å²) in [5.74, 6) is 1.28. The molecule has 0 unspecified atom stereocenters. The summed E-state index contributed by atoms with van der Waals surface area (Å²) >= 11 is 4.33. The van der Waals surface area contributed by atoms with E-state index in [0.717, 1.165) is 15.7 Å². The van der Waals surface area contributed by atoms with Gasteiger partial charge in [0.1, 0.15) is 0 Å². The van der Waals surface area contributed by atoms with Gasteiger partial charge in [0.2, 0.25) is 11.0 Å². The number of carbonyl (C=O) groups is 1. The van der Waals surface area contributed by atoms with E-state index >= 15 is 0 Å². The summed E-state index contributed by atoms with van der Waals surface area (Å²) in [5, 5.41) is 11.6. The first kappa shape index (κ1) is 20.6. The van der Waals surface area contributed by atoms with Crippen LogP contribution in [0.15, 0.2) is 44.6 Å². The van der Waals surface area contributed by atoms with Gasteiger partial charge in [0.25, 0.3) is 5.56 Å². The molecular formula is C18H19N5O2S3. The first-order valence-corrected chi connectivity index (χ1v) is 11.4. The molecule has 7 nitrogen and oxygen atoms in total. The maximum atomic E-state index is 12.4. The second-order valence-electron chi connectivity index (χ2n) is 5.74. The van der Waals surface area contributed by atoms with Crippen molar-refractivity contribution in [2.24, 2.45) is 0 Å². The first-order chi connectivity index (χ1) is 13.5. The van der Waals surface area contributed by atoms with Crippen molar-refractivity contribution in [3.8, 4) is 0 Å². The fourth-order valence-electron chi connectivity index (χ4n) is 2.35. The van der Waals surface area contributed by atoms with Crippen LogP contribution in [0.4, 0.5) is 5.13 Å². The Balaban J connectivity index is 1.63. The molecule has 3 aromatic rings. The number of thioether (sulfide) groups is 2. The van der Waals surface area contributed by atoms with Crippen LogP contribution in [0.5, 0.6) is 0 Å². The van der Waals surface area contributed by atoms with E-state index in [4.69, 9.17) is 0 Å². The highest BCUT2D eigenvalue weighted by Crippen LogP contribution is 2.25. The molecule has 3 rings (SSSR count). The van der Waals surface area contributed by atoms with Crippen molar-refractivity contribution < 1.29 is 4.79 Å². The molecule has 0 saturated carbocycles. The number of amides is 1. The number of aryl methyl sites for hydroxylation is 1. The van der Waals surface area contributed by atoms with E-state index in [-0.39, 0.29) is 17.9 Å². The number of benzene rings is 1. The second-order valence-corrected chi connectivity index (χ2v) is 9.19.